The van der Waals surface area contributed by atoms with Gasteiger partial charge in [-0.1, -0.05) is 31.2 Å². The van der Waals surface area contributed by atoms with E-state index < -0.39 is 0 Å². The van der Waals surface area contributed by atoms with Crippen LogP contribution in [0.3, 0.4) is 0 Å². The molecule has 10 heavy (non-hydrogen) atoms. The van der Waals surface area contributed by atoms with Gasteiger partial charge < -0.3 is 10.8 Å². The highest BCUT2D eigenvalue weighted by atomic mass is 16.2. The summed E-state index contributed by atoms with van der Waals surface area (Å²) in [5.74, 6) is 0.420. The molecular formula is C8H15NO. The van der Waals surface area contributed by atoms with Crippen molar-refractivity contribution in [1.29, 1.82) is 0 Å². The van der Waals surface area contributed by atoms with Crippen molar-refractivity contribution in [3.8, 4) is 0 Å². The van der Waals surface area contributed by atoms with E-state index >= 15 is 0 Å². The van der Waals surface area contributed by atoms with Gasteiger partial charge in [0.2, 0.25) is 0 Å². The highest BCUT2D eigenvalue weighted by Crippen LogP contribution is 1.92. The van der Waals surface area contributed by atoms with Crippen molar-refractivity contribution >= 4 is 0 Å². The van der Waals surface area contributed by atoms with E-state index in [0.29, 0.717) is 12.5 Å². The minimum absolute atomic E-state index is 0.0986. The standard InChI is InChI=1S/C8H15NO/c1-8(7-9)5-3-2-4-6-10/h2-5,8,10H,6-7,9H2,1H3/b4-2+,5-3+/t8-/m1/s1. The maximum absolute atomic E-state index is 8.34. The van der Waals surface area contributed by atoms with Crippen molar-refractivity contribution in [2.75, 3.05) is 13.2 Å². The summed E-state index contributed by atoms with van der Waals surface area (Å²) >= 11 is 0. The lowest BCUT2D eigenvalue weighted by Crippen LogP contribution is -2.07. The molecular weight excluding hydrogens is 126 g/mol. The predicted molar refractivity (Wildman–Crippen MR) is 43.6 cm³/mol. The SMILES string of the molecule is C[C@H](/C=C/C=C/CO)CN. The van der Waals surface area contributed by atoms with E-state index in [-0.39, 0.29) is 6.61 Å². The maximum atomic E-state index is 8.34. The lowest BCUT2D eigenvalue weighted by Gasteiger charge is -1.96. The first-order chi connectivity index (χ1) is 4.81. The van der Waals surface area contributed by atoms with E-state index in [2.05, 4.69) is 0 Å². The molecule has 0 amide bonds. The zero-order valence-electron chi connectivity index (χ0n) is 6.33. The Labute approximate surface area is 62.0 Å². The molecule has 0 saturated carbocycles. The minimum atomic E-state index is 0.0986. The minimum Gasteiger partial charge on any atom is -0.392 e. The second-order valence-corrected chi connectivity index (χ2v) is 2.21. The summed E-state index contributed by atoms with van der Waals surface area (Å²) in [5.41, 5.74) is 5.36. The number of rotatable bonds is 4. The Hall–Kier alpha value is -0.600. The summed E-state index contributed by atoms with van der Waals surface area (Å²) in [5, 5.41) is 8.34. The number of aliphatic hydroxyl groups excluding tert-OH is 1. The molecule has 0 heterocycles. The van der Waals surface area contributed by atoms with Crippen LogP contribution in [0.25, 0.3) is 0 Å². The monoisotopic (exact) mass is 141 g/mol. The van der Waals surface area contributed by atoms with Gasteiger partial charge in [-0.3, -0.25) is 0 Å². The molecule has 2 nitrogen and oxygen atoms in total. The van der Waals surface area contributed by atoms with E-state index in [1.54, 1.807) is 6.08 Å². The first kappa shape index (κ1) is 9.40. The van der Waals surface area contributed by atoms with Gasteiger partial charge in [0, 0.05) is 0 Å². The quantitative estimate of drug-likeness (QED) is 0.566. The van der Waals surface area contributed by atoms with E-state index in [1.165, 1.54) is 0 Å². The molecule has 2 heteroatoms. The first-order valence-electron chi connectivity index (χ1n) is 3.45. The fourth-order valence-corrected chi connectivity index (χ4v) is 0.472. The molecule has 0 aromatic heterocycles. The molecule has 0 rings (SSSR count). The molecule has 0 aromatic rings. The zero-order valence-corrected chi connectivity index (χ0v) is 6.33. The molecule has 0 radical (unpaired) electrons. The van der Waals surface area contributed by atoms with Gasteiger partial charge in [0.25, 0.3) is 0 Å². The van der Waals surface area contributed by atoms with Crippen molar-refractivity contribution < 1.29 is 5.11 Å². The molecule has 0 aliphatic rings. The van der Waals surface area contributed by atoms with Gasteiger partial charge in [-0.05, 0) is 12.5 Å². The highest BCUT2D eigenvalue weighted by Gasteiger charge is 1.87. The fourth-order valence-electron chi connectivity index (χ4n) is 0.472. The number of hydrogen-bond acceptors (Lipinski definition) is 2. The average molecular weight is 141 g/mol. The molecule has 0 saturated heterocycles. The lowest BCUT2D eigenvalue weighted by atomic mass is 10.2. The average Bonchev–Trinajstić information content (AvgIpc) is 1.98. The Morgan fingerprint density at radius 2 is 2.20 bits per heavy atom. The van der Waals surface area contributed by atoms with Gasteiger partial charge in [-0.15, -0.1) is 0 Å². The summed E-state index contributed by atoms with van der Waals surface area (Å²) in [6.07, 6.45) is 7.39. The summed E-state index contributed by atoms with van der Waals surface area (Å²) < 4.78 is 0. The molecule has 0 bridgehead atoms. The van der Waals surface area contributed by atoms with Gasteiger partial charge in [-0.25, -0.2) is 0 Å². The Kier molecular flexibility index (Phi) is 6.13. The van der Waals surface area contributed by atoms with Gasteiger partial charge >= 0.3 is 0 Å². The Morgan fingerprint density at radius 1 is 1.50 bits per heavy atom. The third-order valence-corrected chi connectivity index (χ3v) is 1.16. The molecule has 1 atom stereocenters. The summed E-state index contributed by atoms with van der Waals surface area (Å²) in [6.45, 7) is 2.81. The van der Waals surface area contributed by atoms with Crippen LogP contribution in [0, 0.1) is 5.92 Å². The predicted octanol–water partition coefficient (Wildman–Crippen LogP) is 0.686. The normalized spacial score (nSPS) is 15.1. The van der Waals surface area contributed by atoms with E-state index in [4.69, 9.17) is 10.8 Å². The van der Waals surface area contributed by atoms with Crippen molar-refractivity contribution in [3.05, 3.63) is 24.3 Å². The van der Waals surface area contributed by atoms with Crippen LogP contribution in [0.1, 0.15) is 6.92 Å². The molecule has 0 unspecified atom stereocenters. The van der Waals surface area contributed by atoms with Gasteiger partial charge in [0.15, 0.2) is 0 Å². The van der Waals surface area contributed by atoms with Crippen LogP contribution in [0.5, 0.6) is 0 Å². The number of hydrogen-bond donors (Lipinski definition) is 2. The van der Waals surface area contributed by atoms with Crippen LogP contribution >= 0.6 is 0 Å². The van der Waals surface area contributed by atoms with Crippen LogP contribution in [-0.4, -0.2) is 18.3 Å². The molecule has 0 fully saturated rings. The molecule has 58 valence electrons. The van der Waals surface area contributed by atoms with Crippen LogP contribution in [0.2, 0.25) is 0 Å². The van der Waals surface area contributed by atoms with Gasteiger partial charge in [-0.2, -0.15) is 0 Å². The van der Waals surface area contributed by atoms with E-state index in [9.17, 15) is 0 Å². The van der Waals surface area contributed by atoms with Crippen molar-refractivity contribution in [3.63, 3.8) is 0 Å². The van der Waals surface area contributed by atoms with E-state index in [0.717, 1.165) is 0 Å². The lowest BCUT2D eigenvalue weighted by molar-refractivity contribution is 0.343. The van der Waals surface area contributed by atoms with Crippen LogP contribution in [0.4, 0.5) is 0 Å². The fraction of sp³-hybridized carbons (Fsp3) is 0.500. The number of nitrogens with two attached hydrogens (primary N) is 1. The summed E-state index contributed by atoms with van der Waals surface area (Å²) in [7, 11) is 0. The number of aliphatic hydroxyl groups is 1. The Balaban J connectivity index is 3.44. The first-order valence-corrected chi connectivity index (χ1v) is 3.45. The molecule has 3 N–H and O–H groups in total. The van der Waals surface area contributed by atoms with Crippen LogP contribution in [0.15, 0.2) is 24.3 Å². The van der Waals surface area contributed by atoms with Crippen molar-refractivity contribution in [2.24, 2.45) is 11.7 Å². The molecule has 0 aliphatic heterocycles. The van der Waals surface area contributed by atoms with Gasteiger partial charge in [0.05, 0.1) is 6.61 Å². The third kappa shape index (κ3) is 5.54. The smallest absolute Gasteiger partial charge is 0.0615 e. The largest absolute Gasteiger partial charge is 0.392 e. The summed E-state index contributed by atoms with van der Waals surface area (Å²) in [6, 6.07) is 0. The molecule has 0 aliphatic carbocycles. The maximum Gasteiger partial charge on any atom is 0.0615 e. The molecule has 0 spiro atoms. The van der Waals surface area contributed by atoms with Crippen molar-refractivity contribution in [2.45, 2.75) is 6.92 Å². The van der Waals surface area contributed by atoms with E-state index in [1.807, 2.05) is 25.2 Å². The number of allylic oxidation sites excluding steroid dienone is 2. The second-order valence-electron chi connectivity index (χ2n) is 2.21. The Bertz CT molecular complexity index is 118. The summed E-state index contributed by atoms with van der Waals surface area (Å²) in [4.78, 5) is 0. The molecule has 0 aromatic carbocycles. The second kappa shape index (κ2) is 6.52. The highest BCUT2D eigenvalue weighted by molar-refractivity contribution is 5.03. The van der Waals surface area contributed by atoms with Crippen molar-refractivity contribution in [1.82, 2.24) is 0 Å². The topological polar surface area (TPSA) is 46.2 Å². The van der Waals surface area contributed by atoms with Crippen LogP contribution in [-0.2, 0) is 0 Å². The van der Waals surface area contributed by atoms with Crippen LogP contribution < -0.4 is 5.73 Å². The Morgan fingerprint density at radius 3 is 2.70 bits per heavy atom. The van der Waals surface area contributed by atoms with Gasteiger partial charge in [0.1, 0.15) is 0 Å². The zero-order chi connectivity index (χ0) is 7.82. The third-order valence-electron chi connectivity index (χ3n) is 1.16.